The number of nitrogens with zero attached hydrogens (tertiary/aromatic N) is 1. The van der Waals surface area contributed by atoms with E-state index < -0.39 is 25.5 Å². The predicted octanol–water partition coefficient (Wildman–Crippen LogP) is 4.30. The Bertz CT molecular complexity index is 1330. The van der Waals surface area contributed by atoms with Crippen molar-refractivity contribution in [1.82, 2.24) is 0 Å². The van der Waals surface area contributed by atoms with Crippen molar-refractivity contribution in [2.24, 2.45) is 0 Å². The summed E-state index contributed by atoms with van der Waals surface area (Å²) in [4.78, 5) is 10.0. The first kappa shape index (κ1) is 17.8. The number of hydrogen-bond donors (Lipinski definition) is 1. The van der Waals surface area contributed by atoms with Gasteiger partial charge < -0.3 is 9.15 Å². The molecule has 8 nitrogen and oxygen atoms in total. The first-order valence-electron chi connectivity index (χ1n) is 8.16. The normalized spacial score (nSPS) is 11.6. The Morgan fingerprint density at radius 2 is 1.71 bits per heavy atom. The molecule has 1 N–H and O–H groups in total. The van der Waals surface area contributed by atoms with E-state index in [0.717, 1.165) is 16.8 Å². The van der Waals surface area contributed by atoms with Crippen molar-refractivity contribution >= 4 is 43.3 Å². The largest absolute Gasteiger partial charge is 0.495 e. The van der Waals surface area contributed by atoms with Crippen molar-refractivity contribution in [3.8, 4) is 5.75 Å². The van der Waals surface area contributed by atoms with Crippen molar-refractivity contribution in [1.29, 1.82) is 0 Å². The third kappa shape index (κ3) is 2.91. The van der Waals surface area contributed by atoms with Gasteiger partial charge in [-0.1, -0.05) is 30.3 Å². The molecular formula is C19H14N2O6S. The first-order chi connectivity index (χ1) is 13.4. The summed E-state index contributed by atoms with van der Waals surface area (Å²) in [6.07, 6.45) is 0. The van der Waals surface area contributed by atoms with Crippen LogP contribution >= 0.6 is 0 Å². The van der Waals surface area contributed by atoms with Gasteiger partial charge in [-0.3, -0.25) is 14.8 Å². The maximum Gasteiger partial charge on any atom is 0.289 e. The first-order valence-corrected chi connectivity index (χ1v) is 9.64. The standard InChI is InChI=1S/C19H14N2O6S/c1-26-18-10-13-12-6-2-4-8-16(12)27-17(13)11-14(18)20-28(24,25)19-9-5-3-7-15(19)21(22)23/h2-11,20H,1H3. The van der Waals surface area contributed by atoms with Gasteiger partial charge in [-0.25, -0.2) is 8.42 Å². The Hall–Kier alpha value is -3.59. The fourth-order valence-corrected chi connectivity index (χ4v) is 4.27. The second kappa shape index (κ2) is 6.54. The summed E-state index contributed by atoms with van der Waals surface area (Å²) in [6, 6.07) is 15.7. The quantitative estimate of drug-likeness (QED) is 0.396. The molecular weight excluding hydrogens is 384 g/mol. The second-order valence-corrected chi connectivity index (χ2v) is 7.63. The number of methoxy groups -OCH3 is 1. The molecule has 4 aromatic rings. The van der Waals surface area contributed by atoms with Crippen LogP contribution < -0.4 is 9.46 Å². The van der Waals surface area contributed by atoms with Crippen LogP contribution in [-0.2, 0) is 10.0 Å². The molecule has 28 heavy (non-hydrogen) atoms. The van der Waals surface area contributed by atoms with Crippen LogP contribution in [0.4, 0.5) is 11.4 Å². The summed E-state index contributed by atoms with van der Waals surface area (Å²) < 4.78 is 39.1. The number of para-hydroxylation sites is 2. The molecule has 1 heterocycles. The van der Waals surface area contributed by atoms with E-state index in [4.69, 9.17) is 9.15 Å². The van der Waals surface area contributed by atoms with Crippen molar-refractivity contribution in [3.63, 3.8) is 0 Å². The lowest BCUT2D eigenvalue weighted by Crippen LogP contribution is -2.15. The molecule has 0 aliphatic heterocycles. The highest BCUT2D eigenvalue weighted by Crippen LogP contribution is 2.37. The van der Waals surface area contributed by atoms with E-state index in [-0.39, 0.29) is 11.4 Å². The van der Waals surface area contributed by atoms with Crippen molar-refractivity contribution in [2.75, 3.05) is 11.8 Å². The average Bonchev–Trinajstić information content (AvgIpc) is 3.04. The van der Waals surface area contributed by atoms with E-state index >= 15 is 0 Å². The molecule has 0 radical (unpaired) electrons. The monoisotopic (exact) mass is 398 g/mol. The van der Waals surface area contributed by atoms with Crippen LogP contribution in [0.25, 0.3) is 21.9 Å². The number of furan rings is 1. The van der Waals surface area contributed by atoms with Gasteiger partial charge in [0.2, 0.25) is 0 Å². The number of sulfonamides is 1. The van der Waals surface area contributed by atoms with Gasteiger partial charge in [0.15, 0.2) is 4.90 Å². The lowest BCUT2D eigenvalue weighted by molar-refractivity contribution is -0.387. The highest BCUT2D eigenvalue weighted by Gasteiger charge is 2.26. The summed E-state index contributed by atoms with van der Waals surface area (Å²) >= 11 is 0. The molecule has 1 aromatic heterocycles. The van der Waals surface area contributed by atoms with Crippen LogP contribution in [0.3, 0.4) is 0 Å². The van der Waals surface area contributed by atoms with Gasteiger partial charge in [0, 0.05) is 22.9 Å². The Labute approximate surface area is 159 Å². The van der Waals surface area contributed by atoms with Gasteiger partial charge in [0.1, 0.15) is 16.9 Å². The molecule has 0 fully saturated rings. The molecule has 0 bridgehead atoms. The molecule has 0 aliphatic carbocycles. The van der Waals surface area contributed by atoms with E-state index in [1.54, 1.807) is 12.1 Å². The van der Waals surface area contributed by atoms with Crippen LogP contribution in [0.1, 0.15) is 0 Å². The van der Waals surface area contributed by atoms with Crippen molar-refractivity contribution in [3.05, 3.63) is 70.8 Å². The lowest BCUT2D eigenvalue weighted by Gasteiger charge is -2.12. The highest BCUT2D eigenvalue weighted by molar-refractivity contribution is 7.92. The molecule has 0 atom stereocenters. The van der Waals surface area contributed by atoms with E-state index in [2.05, 4.69) is 4.72 Å². The molecule has 142 valence electrons. The average molecular weight is 398 g/mol. The number of ether oxygens (including phenoxy) is 1. The number of anilines is 1. The molecule has 0 amide bonds. The Balaban J connectivity index is 1.85. The molecule has 9 heteroatoms. The lowest BCUT2D eigenvalue weighted by atomic mass is 10.1. The fourth-order valence-electron chi connectivity index (χ4n) is 3.04. The molecule has 0 saturated carbocycles. The number of nitro groups is 1. The van der Waals surface area contributed by atoms with Crippen molar-refractivity contribution in [2.45, 2.75) is 4.90 Å². The van der Waals surface area contributed by atoms with Gasteiger partial charge in [0.25, 0.3) is 15.7 Å². The summed E-state index contributed by atoms with van der Waals surface area (Å²) in [7, 11) is -2.82. The van der Waals surface area contributed by atoms with Crippen LogP contribution in [-0.4, -0.2) is 20.5 Å². The topological polar surface area (TPSA) is 112 Å². The zero-order valence-electron chi connectivity index (χ0n) is 14.6. The molecule has 0 unspecified atom stereocenters. The predicted molar refractivity (Wildman–Crippen MR) is 104 cm³/mol. The van der Waals surface area contributed by atoms with Gasteiger partial charge in [-0.05, 0) is 18.2 Å². The second-order valence-electron chi connectivity index (χ2n) is 5.98. The number of hydrogen-bond acceptors (Lipinski definition) is 6. The number of nitro benzene ring substituents is 1. The zero-order valence-corrected chi connectivity index (χ0v) is 15.4. The van der Waals surface area contributed by atoms with E-state index in [0.29, 0.717) is 11.2 Å². The van der Waals surface area contributed by atoms with Gasteiger partial charge in [-0.15, -0.1) is 0 Å². The Morgan fingerprint density at radius 3 is 2.46 bits per heavy atom. The van der Waals surface area contributed by atoms with Crippen LogP contribution in [0, 0.1) is 10.1 Å². The van der Waals surface area contributed by atoms with Gasteiger partial charge in [0.05, 0.1) is 17.7 Å². The maximum atomic E-state index is 12.8. The fraction of sp³-hybridized carbons (Fsp3) is 0.0526. The third-order valence-electron chi connectivity index (χ3n) is 4.29. The summed E-state index contributed by atoms with van der Waals surface area (Å²) in [5, 5.41) is 12.8. The molecule has 0 saturated heterocycles. The molecule has 3 aromatic carbocycles. The number of nitrogens with one attached hydrogen (secondary N) is 1. The minimum atomic E-state index is -4.23. The van der Waals surface area contributed by atoms with Gasteiger partial charge in [-0.2, -0.15) is 0 Å². The van der Waals surface area contributed by atoms with E-state index in [9.17, 15) is 18.5 Å². The van der Waals surface area contributed by atoms with E-state index in [1.807, 2.05) is 18.2 Å². The van der Waals surface area contributed by atoms with Crippen LogP contribution in [0.2, 0.25) is 0 Å². The summed E-state index contributed by atoms with van der Waals surface area (Å²) in [5.41, 5.74) is 0.714. The van der Waals surface area contributed by atoms with E-state index in [1.165, 1.54) is 31.4 Å². The molecule has 0 spiro atoms. The SMILES string of the molecule is COc1cc2c(cc1NS(=O)(=O)c1ccccc1[N+](=O)[O-])oc1ccccc12. The third-order valence-corrected chi connectivity index (χ3v) is 5.71. The highest BCUT2D eigenvalue weighted by atomic mass is 32.2. The van der Waals surface area contributed by atoms with Crippen LogP contribution in [0.5, 0.6) is 5.75 Å². The zero-order chi connectivity index (χ0) is 19.9. The Morgan fingerprint density at radius 1 is 1.00 bits per heavy atom. The maximum absolute atomic E-state index is 12.8. The minimum absolute atomic E-state index is 0.118. The molecule has 0 aliphatic rings. The summed E-state index contributed by atoms with van der Waals surface area (Å²) in [5.74, 6) is 0.265. The van der Waals surface area contributed by atoms with Gasteiger partial charge >= 0.3 is 0 Å². The molecule has 4 rings (SSSR count). The Kier molecular flexibility index (Phi) is 4.16. The summed E-state index contributed by atoms with van der Waals surface area (Å²) in [6.45, 7) is 0. The van der Waals surface area contributed by atoms with Crippen molar-refractivity contribution < 1.29 is 22.5 Å². The number of rotatable bonds is 5. The minimum Gasteiger partial charge on any atom is -0.495 e. The number of fused-ring (bicyclic) bond motifs is 3. The number of benzene rings is 3. The smallest absolute Gasteiger partial charge is 0.289 e. The van der Waals surface area contributed by atoms with Crippen LogP contribution in [0.15, 0.2) is 70.0 Å².